The third-order valence-electron chi connectivity index (χ3n) is 3.27. The maximum Gasteiger partial charge on any atom is 0.0789 e. The summed E-state index contributed by atoms with van der Waals surface area (Å²) in [6.45, 7) is 0.567. The summed E-state index contributed by atoms with van der Waals surface area (Å²) in [5, 5.41) is 11.8. The minimum Gasteiger partial charge on any atom is -0.633 e. The number of pyridine rings is 1. The summed E-state index contributed by atoms with van der Waals surface area (Å²) in [7, 11) is 3.36. The maximum absolute atomic E-state index is 11.8. The second kappa shape index (κ2) is 6.48. The van der Waals surface area contributed by atoms with Crippen molar-refractivity contribution >= 4 is 15.9 Å². The summed E-state index contributed by atoms with van der Waals surface area (Å²) < 4.78 is 0.779. The topological polar surface area (TPSA) is 36.0 Å². The molecule has 0 aliphatic carbocycles. The number of hydrogen-bond donors (Lipinski definition) is 0. The molecule has 1 unspecified atom stereocenters. The van der Waals surface area contributed by atoms with Gasteiger partial charge in [0.1, 0.15) is 0 Å². The average Bonchev–Trinajstić information content (AvgIpc) is 2.41. The number of hydroxylamine groups is 3. The highest BCUT2D eigenvalue weighted by molar-refractivity contribution is 9.10. The quantitative estimate of drug-likeness (QED) is 0.613. The van der Waals surface area contributed by atoms with Crippen LogP contribution in [0.4, 0.5) is 0 Å². The zero-order valence-corrected chi connectivity index (χ0v) is 13.4. The van der Waals surface area contributed by atoms with Gasteiger partial charge in [-0.2, -0.15) is 0 Å². The third kappa shape index (κ3) is 4.40. The molecule has 1 aromatic carbocycles. The summed E-state index contributed by atoms with van der Waals surface area (Å²) in [4.78, 5) is 4.46. The molecule has 0 saturated carbocycles. The molecule has 4 heteroatoms. The highest BCUT2D eigenvalue weighted by Gasteiger charge is 2.18. The highest BCUT2D eigenvalue weighted by Crippen LogP contribution is 2.28. The molecule has 2 rings (SSSR count). The number of nitrogens with zero attached hydrogens (tertiary/aromatic N) is 2. The molecule has 0 radical (unpaired) electrons. The largest absolute Gasteiger partial charge is 0.633 e. The van der Waals surface area contributed by atoms with Crippen LogP contribution in [-0.4, -0.2) is 30.3 Å². The van der Waals surface area contributed by atoms with Crippen LogP contribution in [0.25, 0.3) is 0 Å². The van der Waals surface area contributed by atoms with E-state index < -0.39 is 0 Å². The van der Waals surface area contributed by atoms with Crippen molar-refractivity contribution in [3.63, 3.8) is 0 Å². The molecule has 0 spiro atoms. The van der Waals surface area contributed by atoms with E-state index in [2.05, 4.69) is 33.0 Å². The van der Waals surface area contributed by atoms with Crippen LogP contribution in [0.3, 0.4) is 0 Å². The maximum atomic E-state index is 11.8. The van der Waals surface area contributed by atoms with Crippen molar-refractivity contribution in [2.24, 2.45) is 0 Å². The Morgan fingerprint density at radius 3 is 2.40 bits per heavy atom. The molecule has 0 fully saturated rings. The zero-order valence-electron chi connectivity index (χ0n) is 11.8. The Labute approximate surface area is 128 Å². The van der Waals surface area contributed by atoms with Gasteiger partial charge in [-0.15, -0.1) is 0 Å². The molecule has 0 aliphatic heterocycles. The Morgan fingerprint density at radius 1 is 1.15 bits per heavy atom. The van der Waals surface area contributed by atoms with Gasteiger partial charge < -0.3 is 9.85 Å². The standard InChI is InChI=1S/C16H19BrN2O/c1-19(2,20)12-10-15(16-5-3-4-11-18-16)13-6-8-14(17)9-7-13/h3-9,11,15H,10,12H2,1-2H3. The second-order valence-electron chi connectivity index (χ2n) is 5.44. The summed E-state index contributed by atoms with van der Waals surface area (Å²) >= 11 is 3.45. The molecule has 2 aromatic rings. The van der Waals surface area contributed by atoms with Crippen LogP contribution in [0.2, 0.25) is 0 Å². The lowest BCUT2D eigenvalue weighted by atomic mass is 9.92. The van der Waals surface area contributed by atoms with E-state index in [9.17, 15) is 5.21 Å². The van der Waals surface area contributed by atoms with Crippen molar-refractivity contribution in [3.05, 3.63) is 69.6 Å². The van der Waals surface area contributed by atoms with E-state index in [-0.39, 0.29) is 10.6 Å². The molecule has 0 saturated heterocycles. The fraction of sp³-hybridized carbons (Fsp3) is 0.312. The molecule has 0 amide bonds. The normalized spacial score (nSPS) is 13.2. The van der Waals surface area contributed by atoms with E-state index in [0.29, 0.717) is 6.54 Å². The van der Waals surface area contributed by atoms with Gasteiger partial charge in [-0.1, -0.05) is 34.1 Å². The van der Waals surface area contributed by atoms with Crippen molar-refractivity contribution in [2.75, 3.05) is 20.6 Å². The summed E-state index contributed by atoms with van der Waals surface area (Å²) in [6.07, 6.45) is 2.59. The first-order chi connectivity index (χ1) is 9.46. The Kier molecular flexibility index (Phi) is 4.91. The minimum atomic E-state index is -0.278. The first kappa shape index (κ1) is 15.2. The lowest BCUT2D eigenvalue weighted by Crippen LogP contribution is -2.34. The number of hydrogen-bond acceptors (Lipinski definition) is 2. The minimum absolute atomic E-state index is 0.163. The van der Waals surface area contributed by atoms with E-state index in [1.807, 2.05) is 30.3 Å². The molecule has 0 N–H and O–H groups in total. The Hall–Kier alpha value is -1.23. The molecule has 1 aromatic heterocycles. The van der Waals surface area contributed by atoms with E-state index in [4.69, 9.17) is 0 Å². The van der Waals surface area contributed by atoms with Gasteiger partial charge in [0.05, 0.1) is 20.6 Å². The number of quaternary nitrogens is 1. The van der Waals surface area contributed by atoms with Gasteiger partial charge in [-0.05, 0) is 29.8 Å². The van der Waals surface area contributed by atoms with Crippen LogP contribution in [-0.2, 0) is 0 Å². The Morgan fingerprint density at radius 2 is 1.85 bits per heavy atom. The van der Waals surface area contributed by atoms with Crippen LogP contribution < -0.4 is 0 Å². The van der Waals surface area contributed by atoms with Crippen LogP contribution in [0.5, 0.6) is 0 Å². The molecule has 106 valence electrons. The summed E-state index contributed by atoms with van der Waals surface area (Å²) in [6, 6.07) is 14.2. The van der Waals surface area contributed by atoms with Crippen LogP contribution in [0.15, 0.2) is 53.1 Å². The molecule has 0 bridgehead atoms. The first-order valence-corrected chi connectivity index (χ1v) is 7.45. The first-order valence-electron chi connectivity index (χ1n) is 6.66. The predicted molar refractivity (Wildman–Crippen MR) is 85.2 cm³/mol. The van der Waals surface area contributed by atoms with Gasteiger partial charge in [0.15, 0.2) is 0 Å². The SMILES string of the molecule is C[N+](C)([O-])CCC(c1ccc(Br)cc1)c1ccccn1. The van der Waals surface area contributed by atoms with E-state index in [1.54, 1.807) is 20.3 Å². The van der Waals surface area contributed by atoms with Crippen molar-refractivity contribution in [3.8, 4) is 0 Å². The van der Waals surface area contributed by atoms with Crippen LogP contribution in [0.1, 0.15) is 23.6 Å². The van der Waals surface area contributed by atoms with Crippen molar-refractivity contribution in [2.45, 2.75) is 12.3 Å². The number of aromatic nitrogens is 1. The molecule has 1 atom stereocenters. The van der Waals surface area contributed by atoms with Crippen molar-refractivity contribution < 1.29 is 4.65 Å². The summed E-state index contributed by atoms with van der Waals surface area (Å²) in [5.41, 5.74) is 2.21. The fourth-order valence-corrected chi connectivity index (χ4v) is 2.47. The Bertz CT molecular complexity index is 535. The van der Waals surface area contributed by atoms with Gasteiger partial charge in [0.25, 0.3) is 0 Å². The third-order valence-corrected chi connectivity index (χ3v) is 3.80. The van der Waals surface area contributed by atoms with Gasteiger partial charge in [0, 0.05) is 28.7 Å². The lowest BCUT2D eigenvalue weighted by molar-refractivity contribution is -0.840. The molecular formula is C16H19BrN2O. The second-order valence-corrected chi connectivity index (χ2v) is 6.36. The number of rotatable bonds is 5. The number of benzene rings is 1. The average molecular weight is 335 g/mol. The van der Waals surface area contributed by atoms with Gasteiger partial charge >= 0.3 is 0 Å². The van der Waals surface area contributed by atoms with Crippen LogP contribution >= 0.6 is 15.9 Å². The van der Waals surface area contributed by atoms with Crippen LogP contribution in [0, 0.1) is 5.21 Å². The van der Waals surface area contributed by atoms with Gasteiger partial charge in [-0.3, -0.25) is 4.98 Å². The number of halogens is 1. The molecule has 20 heavy (non-hydrogen) atoms. The monoisotopic (exact) mass is 334 g/mol. The smallest absolute Gasteiger partial charge is 0.0789 e. The molecule has 1 heterocycles. The molecular weight excluding hydrogens is 316 g/mol. The van der Waals surface area contributed by atoms with Gasteiger partial charge in [-0.25, -0.2) is 0 Å². The zero-order chi connectivity index (χ0) is 14.6. The van der Waals surface area contributed by atoms with E-state index >= 15 is 0 Å². The molecule has 3 nitrogen and oxygen atoms in total. The fourth-order valence-electron chi connectivity index (χ4n) is 2.20. The van der Waals surface area contributed by atoms with E-state index in [1.165, 1.54) is 5.56 Å². The summed E-state index contributed by atoms with van der Waals surface area (Å²) in [5.74, 6) is 0.163. The van der Waals surface area contributed by atoms with Crippen molar-refractivity contribution in [1.82, 2.24) is 4.98 Å². The highest BCUT2D eigenvalue weighted by atomic mass is 79.9. The van der Waals surface area contributed by atoms with Gasteiger partial charge in [0.2, 0.25) is 0 Å². The Balaban J connectivity index is 2.27. The predicted octanol–water partition coefficient (Wildman–Crippen LogP) is 3.94. The molecule has 0 aliphatic rings. The lowest BCUT2D eigenvalue weighted by Gasteiger charge is -2.35. The van der Waals surface area contributed by atoms with Crippen molar-refractivity contribution in [1.29, 1.82) is 0 Å². The van der Waals surface area contributed by atoms with E-state index in [0.717, 1.165) is 16.6 Å².